The molecule has 0 aromatic carbocycles. The molecular weight excluding hydrogens is 354 g/mol. The lowest BCUT2D eigenvalue weighted by atomic mass is 9.95. The maximum Gasteiger partial charge on any atom is 0.175 e. The van der Waals surface area contributed by atoms with Gasteiger partial charge < -0.3 is 4.98 Å². The van der Waals surface area contributed by atoms with Gasteiger partial charge in [-0.1, -0.05) is 13.8 Å². The minimum absolute atomic E-state index is 0.503. The van der Waals surface area contributed by atoms with E-state index in [4.69, 9.17) is 10.1 Å². The number of nitrogens with one attached hydrogen (secondary N) is 1. The number of rotatable bonds is 4. The van der Waals surface area contributed by atoms with Crippen molar-refractivity contribution in [3.63, 3.8) is 0 Å². The fourth-order valence-corrected chi connectivity index (χ4v) is 3.71. The molecule has 3 aromatic heterocycles. The Morgan fingerprint density at radius 1 is 1.13 bits per heavy atom. The van der Waals surface area contributed by atoms with Gasteiger partial charge in [0.2, 0.25) is 0 Å². The fraction of sp³-hybridized carbons (Fsp3) is 0.471. The summed E-state index contributed by atoms with van der Waals surface area (Å²) in [5.41, 5.74) is 7.12. The maximum atomic E-state index is 4.84. The van der Waals surface area contributed by atoms with Crippen molar-refractivity contribution in [1.29, 1.82) is 0 Å². The normalized spacial score (nSPS) is 11.8. The van der Waals surface area contributed by atoms with Crippen LogP contribution in [0.4, 0.5) is 0 Å². The number of H-pyrrole nitrogens is 1. The molecule has 0 amide bonds. The molecule has 122 valence electrons. The Morgan fingerprint density at radius 3 is 2.39 bits per heavy atom. The van der Waals surface area contributed by atoms with Crippen molar-refractivity contribution in [2.24, 2.45) is 0 Å². The van der Waals surface area contributed by atoms with Crippen LogP contribution < -0.4 is 0 Å². The number of aromatic amines is 1. The van der Waals surface area contributed by atoms with Gasteiger partial charge in [0.1, 0.15) is 5.69 Å². The minimum atomic E-state index is 0.503. The zero-order valence-electron chi connectivity index (χ0n) is 14.2. The van der Waals surface area contributed by atoms with Crippen LogP contribution in [0, 0.1) is 20.8 Å². The zero-order valence-corrected chi connectivity index (χ0v) is 15.8. The summed E-state index contributed by atoms with van der Waals surface area (Å²) in [4.78, 5) is 12.5. The van der Waals surface area contributed by atoms with Gasteiger partial charge in [-0.2, -0.15) is 5.10 Å². The molecule has 1 N–H and O–H groups in total. The molecule has 0 unspecified atom stereocenters. The Labute approximate surface area is 144 Å². The van der Waals surface area contributed by atoms with E-state index in [9.17, 15) is 0 Å². The standard InChI is InChI=1S/C17H22BrN5/c1-6-12(7-2)13-8-9(3)22-23-15(11(5)19-16(13)23)14-10(4)20-17(18)21-14/h8,12H,6-7H2,1-5H3,(H,20,21). The topological polar surface area (TPSA) is 58.9 Å². The van der Waals surface area contributed by atoms with Gasteiger partial charge in [-0.3, -0.25) is 0 Å². The highest BCUT2D eigenvalue weighted by Crippen LogP contribution is 2.32. The van der Waals surface area contributed by atoms with Crippen LogP contribution in [0.3, 0.4) is 0 Å². The van der Waals surface area contributed by atoms with Gasteiger partial charge in [0.25, 0.3) is 0 Å². The van der Waals surface area contributed by atoms with E-state index in [0.29, 0.717) is 5.92 Å². The summed E-state index contributed by atoms with van der Waals surface area (Å²) in [6.07, 6.45) is 2.21. The van der Waals surface area contributed by atoms with E-state index in [1.54, 1.807) is 0 Å². The second-order valence-electron chi connectivity index (χ2n) is 6.02. The van der Waals surface area contributed by atoms with E-state index >= 15 is 0 Å². The fourth-order valence-electron chi connectivity index (χ4n) is 3.25. The van der Waals surface area contributed by atoms with E-state index in [0.717, 1.165) is 51.7 Å². The molecule has 3 aromatic rings. The summed E-state index contributed by atoms with van der Waals surface area (Å²) in [6.45, 7) is 10.5. The van der Waals surface area contributed by atoms with E-state index in [1.165, 1.54) is 5.56 Å². The van der Waals surface area contributed by atoms with Crippen molar-refractivity contribution in [3.8, 4) is 11.4 Å². The number of imidazole rings is 2. The predicted molar refractivity (Wildman–Crippen MR) is 95.8 cm³/mol. The van der Waals surface area contributed by atoms with Crippen molar-refractivity contribution in [1.82, 2.24) is 24.6 Å². The number of nitrogens with zero attached hydrogens (tertiary/aromatic N) is 4. The molecule has 0 atom stereocenters. The molecule has 0 aliphatic heterocycles. The molecule has 0 aliphatic rings. The summed E-state index contributed by atoms with van der Waals surface area (Å²) in [5.74, 6) is 0.503. The van der Waals surface area contributed by atoms with Gasteiger partial charge >= 0.3 is 0 Å². The van der Waals surface area contributed by atoms with E-state index < -0.39 is 0 Å². The van der Waals surface area contributed by atoms with Crippen LogP contribution in [0.15, 0.2) is 10.8 Å². The summed E-state index contributed by atoms with van der Waals surface area (Å²) >= 11 is 3.41. The Hall–Kier alpha value is -1.69. The number of halogens is 1. The van der Waals surface area contributed by atoms with Gasteiger partial charge in [-0.25, -0.2) is 14.5 Å². The smallest absolute Gasteiger partial charge is 0.175 e. The van der Waals surface area contributed by atoms with Crippen molar-refractivity contribution < 1.29 is 0 Å². The Balaban J connectivity index is 2.33. The summed E-state index contributed by atoms with van der Waals surface area (Å²) in [5, 5.41) is 4.73. The van der Waals surface area contributed by atoms with Crippen molar-refractivity contribution >= 4 is 21.6 Å². The number of hydrogen-bond donors (Lipinski definition) is 1. The summed E-state index contributed by atoms with van der Waals surface area (Å²) < 4.78 is 2.71. The van der Waals surface area contributed by atoms with Gasteiger partial charge in [-0.15, -0.1) is 0 Å². The van der Waals surface area contributed by atoms with Gasteiger partial charge in [-0.05, 0) is 61.5 Å². The van der Waals surface area contributed by atoms with E-state index in [-0.39, 0.29) is 0 Å². The predicted octanol–water partition coefficient (Wildman–Crippen LogP) is 4.71. The zero-order chi connectivity index (χ0) is 16.7. The molecule has 0 aliphatic carbocycles. The lowest BCUT2D eigenvalue weighted by Crippen LogP contribution is -2.05. The molecule has 3 heterocycles. The van der Waals surface area contributed by atoms with E-state index in [1.807, 2.05) is 25.3 Å². The van der Waals surface area contributed by atoms with Crippen molar-refractivity contribution in [2.45, 2.75) is 53.4 Å². The molecule has 5 nitrogen and oxygen atoms in total. The van der Waals surface area contributed by atoms with Crippen LogP contribution in [0.5, 0.6) is 0 Å². The first-order chi connectivity index (χ1) is 11.0. The molecule has 6 heteroatoms. The number of fused-ring (bicyclic) bond motifs is 1. The minimum Gasteiger partial charge on any atom is -0.331 e. The van der Waals surface area contributed by atoms with Gasteiger partial charge in [0.15, 0.2) is 10.4 Å². The van der Waals surface area contributed by atoms with Crippen LogP contribution in [0.2, 0.25) is 0 Å². The maximum absolute atomic E-state index is 4.84. The number of hydrogen-bond acceptors (Lipinski definition) is 3. The van der Waals surface area contributed by atoms with Crippen molar-refractivity contribution in [3.05, 3.63) is 33.4 Å². The monoisotopic (exact) mass is 375 g/mol. The number of aromatic nitrogens is 5. The molecule has 0 saturated carbocycles. The van der Waals surface area contributed by atoms with Gasteiger partial charge in [0.05, 0.1) is 22.8 Å². The summed E-state index contributed by atoms with van der Waals surface area (Å²) in [7, 11) is 0. The molecule has 3 rings (SSSR count). The first-order valence-corrected chi connectivity index (χ1v) is 8.84. The van der Waals surface area contributed by atoms with Crippen LogP contribution in [0.1, 0.15) is 55.3 Å². The summed E-state index contributed by atoms with van der Waals surface area (Å²) in [6, 6.07) is 2.18. The Bertz CT molecular complexity index is 858. The third-order valence-electron chi connectivity index (χ3n) is 4.43. The highest BCUT2D eigenvalue weighted by Gasteiger charge is 2.21. The van der Waals surface area contributed by atoms with E-state index in [2.05, 4.69) is 45.8 Å². The number of aryl methyl sites for hydroxylation is 3. The second-order valence-corrected chi connectivity index (χ2v) is 6.77. The quantitative estimate of drug-likeness (QED) is 0.717. The lowest BCUT2D eigenvalue weighted by Gasteiger charge is -2.14. The lowest BCUT2D eigenvalue weighted by molar-refractivity contribution is 0.638. The van der Waals surface area contributed by atoms with Gasteiger partial charge in [0, 0.05) is 5.56 Å². The molecule has 23 heavy (non-hydrogen) atoms. The average Bonchev–Trinajstić information content (AvgIpc) is 2.98. The molecule has 0 bridgehead atoms. The Kier molecular flexibility index (Phi) is 4.27. The van der Waals surface area contributed by atoms with Crippen LogP contribution in [0.25, 0.3) is 17.0 Å². The largest absolute Gasteiger partial charge is 0.331 e. The van der Waals surface area contributed by atoms with Crippen LogP contribution in [-0.4, -0.2) is 24.6 Å². The SMILES string of the molecule is CCC(CC)c1cc(C)nn2c(-c3[nH]c(Br)nc3C)c(C)nc12. The molecule has 0 saturated heterocycles. The first-order valence-electron chi connectivity index (χ1n) is 8.05. The second kappa shape index (κ2) is 6.07. The third-order valence-corrected chi connectivity index (χ3v) is 4.80. The van der Waals surface area contributed by atoms with Crippen LogP contribution >= 0.6 is 15.9 Å². The highest BCUT2D eigenvalue weighted by molar-refractivity contribution is 9.10. The average molecular weight is 376 g/mol. The molecule has 0 fully saturated rings. The van der Waals surface area contributed by atoms with Crippen molar-refractivity contribution in [2.75, 3.05) is 0 Å². The first kappa shape index (κ1) is 16.2. The van der Waals surface area contributed by atoms with Crippen LogP contribution in [-0.2, 0) is 0 Å². The molecular formula is C17H22BrN5. The molecule has 0 radical (unpaired) electrons. The molecule has 0 spiro atoms. The third kappa shape index (κ3) is 2.69. The highest BCUT2D eigenvalue weighted by atomic mass is 79.9. The Morgan fingerprint density at radius 2 is 1.83 bits per heavy atom.